The number of aromatic nitrogens is 3. The molecule has 1 aliphatic rings. The van der Waals surface area contributed by atoms with Crippen LogP contribution in [0.1, 0.15) is 78.6 Å². The van der Waals surface area contributed by atoms with Crippen LogP contribution in [0.5, 0.6) is 5.75 Å². The average Bonchev–Trinajstić information content (AvgIpc) is 3.20. The molecule has 1 heterocycles. The second-order valence-electron chi connectivity index (χ2n) is 9.34. The molecule has 33 heavy (non-hydrogen) atoms. The Hall–Kier alpha value is -2.22. The van der Waals surface area contributed by atoms with E-state index in [1.165, 1.54) is 31.0 Å². The Morgan fingerprint density at radius 3 is 2.48 bits per heavy atom. The number of thioether (sulfide) groups is 1. The largest absolute Gasteiger partial charge is 0.497 e. The van der Waals surface area contributed by atoms with E-state index in [0.29, 0.717) is 12.6 Å². The van der Waals surface area contributed by atoms with E-state index in [-0.39, 0.29) is 23.2 Å². The Labute approximate surface area is 202 Å². The predicted molar refractivity (Wildman–Crippen MR) is 135 cm³/mol. The third-order valence-electron chi connectivity index (χ3n) is 6.19. The summed E-state index contributed by atoms with van der Waals surface area (Å²) < 4.78 is 7.62. The van der Waals surface area contributed by atoms with Gasteiger partial charge in [-0.3, -0.25) is 4.79 Å². The number of ether oxygens (including phenoxy) is 1. The number of nitrogens with zero attached hydrogens (tertiary/aromatic N) is 4. The summed E-state index contributed by atoms with van der Waals surface area (Å²) in [4.78, 5) is 15.2. The van der Waals surface area contributed by atoms with Crippen LogP contribution in [0.15, 0.2) is 29.4 Å². The summed E-state index contributed by atoms with van der Waals surface area (Å²) in [5.41, 5.74) is 0.981. The van der Waals surface area contributed by atoms with Crippen molar-refractivity contribution >= 4 is 23.4 Å². The zero-order valence-electron chi connectivity index (χ0n) is 20.9. The molecule has 1 amide bonds. The van der Waals surface area contributed by atoms with Crippen LogP contribution in [-0.4, -0.2) is 50.0 Å². The van der Waals surface area contributed by atoms with E-state index in [4.69, 9.17) is 4.74 Å². The highest BCUT2D eigenvalue weighted by atomic mass is 32.2. The number of hydrogen-bond donors (Lipinski definition) is 1. The highest BCUT2D eigenvalue weighted by Crippen LogP contribution is 2.34. The van der Waals surface area contributed by atoms with Crippen molar-refractivity contribution in [2.45, 2.75) is 102 Å². The number of hydrogen-bond acceptors (Lipinski definition) is 6. The zero-order valence-corrected chi connectivity index (χ0v) is 21.7. The maximum absolute atomic E-state index is 13.2. The van der Waals surface area contributed by atoms with Gasteiger partial charge in [-0.1, -0.05) is 37.1 Å². The molecule has 1 aliphatic carbocycles. The van der Waals surface area contributed by atoms with Crippen LogP contribution in [0.4, 0.5) is 5.69 Å². The summed E-state index contributed by atoms with van der Waals surface area (Å²) in [6.45, 7) is 10.8. The van der Waals surface area contributed by atoms with E-state index in [1.807, 2.05) is 36.1 Å². The molecule has 0 radical (unpaired) electrons. The number of carbonyl (C=O) groups is 1. The minimum Gasteiger partial charge on any atom is -0.497 e. The molecule has 1 saturated carbocycles. The highest BCUT2D eigenvalue weighted by molar-refractivity contribution is 8.00. The highest BCUT2D eigenvalue weighted by Gasteiger charge is 2.29. The number of anilines is 1. The first-order valence-corrected chi connectivity index (χ1v) is 13.0. The Bertz CT molecular complexity index is 900. The Kier molecular flexibility index (Phi) is 9.06. The first-order chi connectivity index (χ1) is 15.8. The van der Waals surface area contributed by atoms with Gasteiger partial charge in [0.1, 0.15) is 5.75 Å². The summed E-state index contributed by atoms with van der Waals surface area (Å²) in [6, 6.07) is 8.61. The Balaban J connectivity index is 1.81. The van der Waals surface area contributed by atoms with Crippen LogP contribution in [-0.2, 0) is 11.3 Å². The molecule has 1 fully saturated rings. The van der Waals surface area contributed by atoms with Crippen molar-refractivity contribution in [2.24, 2.45) is 0 Å². The number of nitrogens with one attached hydrogen (secondary N) is 1. The molecule has 1 unspecified atom stereocenters. The molecule has 1 N–H and O–H groups in total. The van der Waals surface area contributed by atoms with Gasteiger partial charge in [0.05, 0.1) is 18.9 Å². The Morgan fingerprint density at radius 1 is 1.15 bits per heavy atom. The van der Waals surface area contributed by atoms with Crippen molar-refractivity contribution in [1.29, 1.82) is 0 Å². The number of amides is 1. The van der Waals surface area contributed by atoms with Crippen molar-refractivity contribution in [1.82, 2.24) is 19.7 Å². The number of methoxy groups -OCH3 is 1. The molecule has 0 aliphatic heterocycles. The lowest BCUT2D eigenvalue weighted by atomic mass is 9.95. The molecule has 7 nitrogen and oxygen atoms in total. The molecule has 1 aromatic carbocycles. The Morgan fingerprint density at radius 2 is 1.85 bits per heavy atom. The van der Waals surface area contributed by atoms with Crippen LogP contribution < -0.4 is 10.1 Å². The molecule has 182 valence electrons. The molecule has 2 aromatic rings. The average molecular weight is 474 g/mol. The van der Waals surface area contributed by atoms with Crippen LogP contribution in [0, 0.1) is 0 Å². The fourth-order valence-electron chi connectivity index (χ4n) is 4.65. The minimum absolute atomic E-state index is 0.152. The van der Waals surface area contributed by atoms with Gasteiger partial charge in [-0.2, -0.15) is 0 Å². The fraction of sp³-hybridized carbons (Fsp3) is 0.640. The van der Waals surface area contributed by atoms with Crippen molar-refractivity contribution in [3.05, 3.63) is 30.1 Å². The van der Waals surface area contributed by atoms with Gasteiger partial charge in [-0.05, 0) is 59.6 Å². The predicted octanol–water partition coefficient (Wildman–Crippen LogP) is 5.53. The zero-order chi connectivity index (χ0) is 24.0. The van der Waals surface area contributed by atoms with E-state index in [1.54, 1.807) is 7.11 Å². The first-order valence-electron chi connectivity index (χ1n) is 12.1. The third kappa shape index (κ3) is 6.43. The van der Waals surface area contributed by atoms with Gasteiger partial charge in [0, 0.05) is 29.9 Å². The molecular formula is C25H39N5O2S. The maximum Gasteiger partial charge on any atom is 0.236 e. The quantitative estimate of drug-likeness (QED) is 0.458. The standard InChI is InChI=1S/C25H39N5O2S/c1-17(2)29(18(3)4)24(31)19(5)33-25-28-27-23(30(25)21-12-8-7-9-13-21)16-26-20-11-10-14-22(15-20)32-6/h10-11,14-15,17-19,21,26H,7-9,12-13,16H2,1-6H3. The lowest BCUT2D eigenvalue weighted by Crippen LogP contribution is -2.45. The van der Waals surface area contributed by atoms with Gasteiger partial charge in [-0.15, -0.1) is 10.2 Å². The lowest BCUT2D eigenvalue weighted by molar-refractivity contribution is -0.133. The van der Waals surface area contributed by atoms with Gasteiger partial charge in [0.2, 0.25) is 5.91 Å². The molecule has 0 saturated heterocycles. The van der Waals surface area contributed by atoms with Gasteiger partial charge in [-0.25, -0.2) is 0 Å². The summed E-state index contributed by atoms with van der Waals surface area (Å²) >= 11 is 1.53. The fourth-order valence-corrected chi connectivity index (χ4v) is 5.65. The van der Waals surface area contributed by atoms with Gasteiger partial charge in [0.25, 0.3) is 0 Å². The van der Waals surface area contributed by atoms with Gasteiger partial charge < -0.3 is 19.5 Å². The van der Waals surface area contributed by atoms with E-state index in [0.717, 1.165) is 35.3 Å². The van der Waals surface area contributed by atoms with Gasteiger partial charge >= 0.3 is 0 Å². The van der Waals surface area contributed by atoms with Crippen molar-refractivity contribution in [3.8, 4) is 5.75 Å². The molecule has 0 spiro atoms. The normalized spacial score (nSPS) is 15.6. The molecular weight excluding hydrogens is 434 g/mol. The van der Waals surface area contributed by atoms with Crippen LogP contribution in [0.25, 0.3) is 0 Å². The van der Waals surface area contributed by atoms with Crippen molar-refractivity contribution in [2.75, 3.05) is 12.4 Å². The second kappa shape index (κ2) is 11.8. The smallest absolute Gasteiger partial charge is 0.236 e. The molecule has 1 aromatic heterocycles. The number of rotatable bonds is 10. The number of carbonyl (C=O) groups excluding carboxylic acids is 1. The lowest BCUT2D eigenvalue weighted by Gasteiger charge is -2.33. The third-order valence-corrected chi connectivity index (χ3v) is 7.24. The van der Waals surface area contributed by atoms with E-state index in [9.17, 15) is 4.79 Å². The molecule has 8 heteroatoms. The van der Waals surface area contributed by atoms with Crippen molar-refractivity contribution < 1.29 is 9.53 Å². The maximum atomic E-state index is 13.2. The summed E-state index contributed by atoms with van der Waals surface area (Å²) in [5, 5.41) is 13.2. The first kappa shape index (κ1) is 25.4. The second-order valence-corrected chi connectivity index (χ2v) is 10.6. The summed E-state index contributed by atoms with van der Waals surface area (Å²) in [5.74, 6) is 1.88. The van der Waals surface area contributed by atoms with E-state index in [2.05, 4.69) is 47.8 Å². The van der Waals surface area contributed by atoms with E-state index >= 15 is 0 Å². The molecule has 3 rings (SSSR count). The van der Waals surface area contributed by atoms with Crippen molar-refractivity contribution in [3.63, 3.8) is 0 Å². The van der Waals surface area contributed by atoms with Crippen LogP contribution >= 0.6 is 11.8 Å². The minimum atomic E-state index is -0.222. The monoisotopic (exact) mass is 473 g/mol. The summed E-state index contributed by atoms with van der Waals surface area (Å²) in [6.07, 6.45) is 5.98. The summed E-state index contributed by atoms with van der Waals surface area (Å²) in [7, 11) is 1.67. The van der Waals surface area contributed by atoms with Crippen LogP contribution in [0.3, 0.4) is 0 Å². The number of benzene rings is 1. The van der Waals surface area contributed by atoms with Gasteiger partial charge in [0.15, 0.2) is 11.0 Å². The molecule has 1 atom stereocenters. The van der Waals surface area contributed by atoms with Crippen LogP contribution in [0.2, 0.25) is 0 Å². The SMILES string of the molecule is COc1cccc(NCc2nnc(SC(C)C(=O)N(C(C)C)C(C)C)n2C2CCCCC2)c1. The molecule has 0 bridgehead atoms. The van der Waals surface area contributed by atoms with E-state index < -0.39 is 0 Å². The topological polar surface area (TPSA) is 72.3 Å².